The Bertz CT molecular complexity index is 512. The third-order valence-electron chi connectivity index (χ3n) is 1.70. The van der Waals surface area contributed by atoms with Crippen molar-refractivity contribution in [1.82, 2.24) is 9.97 Å². The van der Waals surface area contributed by atoms with E-state index in [1.807, 2.05) is 0 Å². The van der Waals surface area contributed by atoms with Gasteiger partial charge >= 0.3 is 0 Å². The van der Waals surface area contributed by atoms with Gasteiger partial charge in [0.1, 0.15) is 4.21 Å². The maximum absolute atomic E-state index is 12.0. The van der Waals surface area contributed by atoms with Crippen LogP contribution < -0.4 is 5.32 Å². The molecule has 1 atom stereocenters. The van der Waals surface area contributed by atoms with Crippen molar-refractivity contribution in [2.75, 3.05) is 5.32 Å². The molecule has 0 saturated heterocycles. The zero-order valence-electron chi connectivity index (χ0n) is 7.99. The van der Waals surface area contributed by atoms with E-state index in [-0.39, 0.29) is 0 Å². The van der Waals surface area contributed by atoms with Crippen molar-refractivity contribution in [2.45, 2.75) is 9.10 Å². The fourth-order valence-electron chi connectivity index (χ4n) is 1.04. The molecular formula is C9H7N3O2S2. The van der Waals surface area contributed by atoms with Crippen molar-refractivity contribution in [3.63, 3.8) is 0 Å². The van der Waals surface area contributed by atoms with Crippen molar-refractivity contribution in [3.05, 3.63) is 30.7 Å². The zero-order valence-corrected chi connectivity index (χ0v) is 9.62. The van der Waals surface area contributed by atoms with Crippen molar-refractivity contribution in [3.8, 4) is 0 Å². The molecule has 16 heavy (non-hydrogen) atoms. The molecule has 0 spiro atoms. The lowest BCUT2D eigenvalue weighted by atomic mass is 10.5. The summed E-state index contributed by atoms with van der Waals surface area (Å²) in [5.74, 6) is 0. The minimum atomic E-state index is -1.29. The lowest BCUT2D eigenvalue weighted by Crippen LogP contribution is -1.91. The van der Waals surface area contributed by atoms with Crippen LogP contribution in [0.4, 0.5) is 5.13 Å². The molecule has 2 heterocycles. The molecule has 5 nitrogen and oxygen atoms in total. The highest BCUT2D eigenvalue weighted by molar-refractivity contribution is 7.87. The van der Waals surface area contributed by atoms with Gasteiger partial charge in [-0.2, -0.15) is 0 Å². The minimum absolute atomic E-state index is 0.433. The molecule has 0 bridgehead atoms. The van der Waals surface area contributed by atoms with E-state index >= 15 is 0 Å². The van der Waals surface area contributed by atoms with Gasteiger partial charge in [-0.25, -0.2) is 9.19 Å². The monoisotopic (exact) mass is 253 g/mol. The highest BCUT2D eigenvalue weighted by atomic mass is 32.2. The number of amides is 1. The van der Waals surface area contributed by atoms with Crippen LogP contribution in [0, 0.1) is 0 Å². The van der Waals surface area contributed by atoms with Crippen LogP contribution in [-0.2, 0) is 15.6 Å². The number of pyridine rings is 1. The molecule has 0 aliphatic rings. The topological polar surface area (TPSA) is 72.0 Å². The molecule has 0 aliphatic heterocycles. The Balaban J connectivity index is 2.24. The molecule has 2 aromatic rings. The van der Waals surface area contributed by atoms with Crippen LogP contribution in [0.2, 0.25) is 0 Å². The molecule has 0 saturated carbocycles. The second-order valence-electron chi connectivity index (χ2n) is 2.70. The molecule has 1 amide bonds. The normalized spacial score (nSPS) is 12.0. The van der Waals surface area contributed by atoms with Gasteiger partial charge in [0.2, 0.25) is 6.41 Å². The molecule has 0 fully saturated rings. The van der Waals surface area contributed by atoms with E-state index in [0.29, 0.717) is 20.6 Å². The summed E-state index contributed by atoms with van der Waals surface area (Å²) in [4.78, 5) is 18.6. The molecular weight excluding hydrogens is 246 g/mol. The van der Waals surface area contributed by atoms with Crippen LogP contribution in [0.15, 0.2) is 39.8 Å². The van der Waals surface area contributed by atoms with Crippen LogP contribution in [0.5, 0.6) is 0 Å². The lowest BCUT2D eigenvalue weighted by molar-refractivity contribution is -0.105. The number of hydrogen-bond acceptors (Lipinski definition) is 5. The minimum Gasteiger partial charge on any atom is -0.305 e. The molecule has 2 rings (SSSR count). The predicted octanol–water partition coefficient (Wildman–Crippen LogP) is 1.27. The molecule has 82 valence electrons. The van der Waals surface area contributed by atoms with E-state index in [1.54, 1.807) is 24.5 Å². The average molecular weight is 253 g/mol. The van der Waals surface area contributed by atoms with Gasteiger partial charge in [-0.15, -0.1) is 0 Å². The first-order valence-electron chi connectivity index (χ1n) is 4.29. The van der Waals surface area contributed by atoms with Crippen molar-refractivity contribution in [2.24, 2.45) is 0 Å². The quantitative estimate of drug-likeness (QED) is 0.833. The number of carbonyl (C=O) groups excluding carboxylic acids is 1. The number of hydrogen-bond donors (Lipinski definition) is 1. The summed E-state index contributed by atoms with van der Waals surface area (Å²) in [6, 6.07) is 3.45. The fraction of sp³-hybridized carbons (Fsp3) is 0. The fourth-order valence-corrected chi connectivity index (χ4v) is 3.11. The zero-order chi connectivity index (χ0) is 11.4. The molecule has 1 N–H and O–H groups in total. The summed E-state index contributed by atoms with van der Waals surface area (Å²) >= 11 is 1.18. The van der Waals surface area contributed by atoms with Gasteiger partial charge in [0.05, 0.1) is 21.9 Å². The molecule has 0 radical (unpaired) electrons. The summed E-state index contributed by atoms with van der Waals surface area (Å²) in [5.41, 5.74) is 0. The van der Waals surface area contributed by atoms with Crippen LogP contribution in [-0.4, -0.2) is 20.6 Å². The van der Waals surface area contributed by atoms with Gasteiger partial charge in [0, 0.05) is 12.4 Å². The highest BCUT2D eigenvalue weighted by Gasteiger charge is 2.10. The molecule has 7 heteroatoms. The smallest absolute Gasteiger partial charge is 0.213 e. The summed E-state index contributed by atoms with van der Waals surface area (Å²) < 4.78 is 12.6. The number of aromatic nitrogens is 2. The van der Waals surface area contributed by atoms with E-state index in [9.17, 15) is 9.00 Å². The number of carbonyl (C=O) groups is 1. The van der Waals surface area contributed by atoms with Crippen LogP contribution in [0.1, 0.15) is 0 Å². The second kappa shape index (κ2) is 4.95. The summed E-state index contributed by atoms with van der Waals surface area (Å²) in [5, 5.41) is 2.84. The first kappa shape index (κ1) is 10.9. The SMILES string of the molecule is O=CNc1ncc(S(=O)c2cccnc2)s1. The van der Waals surface area contributed by atoms with Crippen molar-refractivity contribution in [1.29, 1.82) is 0 Å². The van der Waals surface area contributed by atoms with E-state index in [0.717, 1.165) is 0 Å². The third kappa shape index (κ3) is 2.31. The molecule has 1 unspecified atom stereocenters. The highest BCUT2D eigenvalue weighted by Crippen LogP contribution is 2.24. The van der Waals surface area contributed by atoms with E-state index < -0.39 is 10.8 Å². The second-order valence-corrected chi connectivity index (χ2v) is 5.44. The first-order valence-corrected chi connectivity index (χ1v) is 6.25. The van der Waals surface area contributed by atoms with Gasteiger partial charge in [-0.05, 0) is 12.1 Å². The standard InChI is InChI=1S/C9H7N3O2S2/c13-6-12-9-11-5-8(15-9)16(14)7-2-1-3-10-4-7/h1-6H,(H,11,12,13). The number of rotatable bonds is 4. The summed E-state index contributed by atoms with van der Waals surface area (Å²) in [6.07, 6.45) is 5.19. The van der Waals surface area contributed by atoms with Gasteiger partial charge in [-0.3, -0.25) is 9.78 Å². The number of nitrogens with one attached hydrogen (secondary N) is 1. The van der Waals surface area contributed by atoms with Crippen molar-refractivity contribution >= 4 is 33.7 Å². The third-order valence-corrected chi connectivity index (χ3v) is 4.27. The molecule has 2 aromatic heterocycles. The Morgan fingerprint density at radius 2 is 2.31 bits per heavy atom. The Morgan fingerprint density at radius 3 is 3.00 bits per heavy atom. The average Bonchev–Trinajstić information content (AvgIpc) is 2.78. The Hall–Kier alpha value is -1.60. The summed E-state index contributed by atoms with van der Waals surface area (Å²) in [7, 11) is -1.29. The molecule has 0 aromatic carbocycles. The van der Waals surface area contributed by atoms with Gasteiger partial charge in [0.25, 0.3) is 0 Å². The maximum Gasteiger partial charge on any atom is 0.213 e. The van der Waals surface area contributed by atoms with Crippen LogP contribution in [0.25, 0.3) is 0 Å². The number of anilines is 1. The lowest BCUT2D eigenvalue weighted by Gasteiger charge is -1.96. The van der Waals surface area contributed by atoms with Crippen molar-refractivity contribution < 1.29 is 9.00 Å². The summed E-state index contributed by atoms with van der Waals surface area (Å²) in [6.45, 7) is 0. The van der Waals surface area contributed by atoms with Crippen LogP contribution >= 0.6 is 11.3 Å². The Kier molecular flexibility index (Phi) is 3.37. The number of thiazole rings is 1. The van der Waals surface area contributed by atoms with Gasteiger partial charge in [-0.1, -0.05) is 11.3 Å². The maximum atomic E-state index is 12.0. The van der Waals surface area contributed by atoms with Crippen LogP contribution in [0.3, 0.4) is 0 Å². The van der Waals surface area contributed by atoms with E-state index in [1.165, 1.54) is 17.5 Å². The van der Waals surface area contributed by atoms with E-state index in [4.69, 9.17) is 0 Å². The van der Waals surface area contributed by atoms with Gasteiger partial charge < -0.3 is 5.32 Å². The Labute approximate surface area is 98.0 Å². The Morgan fingerprint density at radius 1 is 1.44 bits per heavy atom. The van der Waals surface area contributed by atoms with Gasteiger partial charge in [0.15, 0.2) is 5.13 Å². The first-order chi connectivity index (χ1) is 7.81. The predicted molar refractivity (Wildman–Crippen MR) is 60.7 cm³/mol. The largest absolute Gasteiger partial charge is 0.305 e. The molecule has 0 aliphatic carbocycles. The van der Waals surface area contributed by atoms with E-state index in [2.05, 4.69) is 15.3 Å². The number of nitrogens with zero attached hydrogens (tertiary/aromatic N) is 2.